The largest absolute Gasteiger partial charge is 0.446 e. The highest BCUT2D eigenvalue weighted by molar-refractivity contribution is 5.72. The lowest BCUT2D eigenvalue weighted by Gasteiger charge is -2.19. The molecule has 3 heteroatoms. The fraction of sp³-hybridized carbons (Fsp3) is 0.900. The first-order valence-corrected chi connectivity index (χ1v) is 4.98. The maximum atomic E-state index is 11.4. The second-order valence-corrected chi connectivity index (χ2v) is 3.66. The Labute approximate surface area is 80.6 Å². The summed E-state index contributed by atoms with van der Waals surface area (Å²) in [5.74, 6) is 0.0225. The van der Waals surface area contributed by atoms with Crippen molar-refractivity contribution in [1.29, 1.82) is 0 Å². The van der Waals surface area contributed by atoms with Gasteiger partial charge in [0.2, 0.25) is 0 Å². The molecule has 3 nitrogen and oxygen atoms in total. The molecule has 13 heavy (non-hydrogen) atoms. The van der Waals surface area contributed by atoms with Gasteiger partial charge in [-0.05, 0) is 12.8 Å². The van der Waals surface area contributed by atoms with Crippen molar-refractivity contribution in [2.24, 2.45) is 17.6 Å². The molecule has 0 aromatic rings. The van der Waals surface area contributed by atoms with Crippen LogP contribution in [0.25, 0.3) is 0 Å². The van der Waals surface area contributed by atoms with E-state index < -0.39 is 6.23 Å². The summed E-state index contributed by atoms with van der Waals surface area (Å²) in [7, 11) is 0. The minimum atomic E-state index is -0.465. The fourth-order valence-corrected chi connectivity index (χ4v) is 0.988. The van der Waals surface area contributed by atoms with Gasteiger partial charge in [0.25, 0.3) is 0 Å². The van der Waals surface area contributed by atoms with Gasteiger partial charge in [-0.1, -0.05) is 27.7 Å². The van der Waals surface area contributed by atoms with E-state index in [1.54, 1.807) is 0 Å². The SMILES string of the molecule is CCC(CC)C(=O)OC(N)C(C)C. The summed E-state index contributed by atoms with van der Waals surface area (Å²) in [5, 5.41) is 0. The van der Waals surface area contributed by atoms with Crippen molar-refractivity contribution in [3.8, 4) is 0 Å². The third kappa shape index (κ3) is 4.27. The molecular weight excluding hydrogens is 166 g/mol. The van der Waals surface area contributed by atoms with Crippen LogP contribution >= 0.6 is 0 Å². The van der Waals surface area contributed by atoms with Gasteiger partial charge >= 0.3 is 5.97 Å². The van der Waals surface area contributed by atoms with Gasteiger partial charge in [-0.3, -0.25) is 10.5 Å². The molecule has 0 spiro atoms. The highest BCUT2D eigenvalue weighted by atomic mass is 16.6. The van der Waals surface area contributed by atoms with Gasteiger partial charge in [-0.2, -0.15) is 0 Å². The molecule has 0 radical (unpaired) electrons. The van der Waals surface area contributed by atoms with E-state index in [1.807, 2.05) is 27.7 Å². The Morgan fingerprint density at radius 2 is 1.77 bits per heavy atom. The molecule has 0 amide bonds. The lowest BCUT2D eigenvalue weighted by molar-refractivity contribution is -0.156. The predicted octanol–water partition coefficient (Wildman–Crippen LogP) is 1.91. The van der Waals surface area contributed by atoms with Gasteiger partial charge in [-0.15, -0.1) is 0 Å². The first kappa shape index (κ1) is 12.4. The molecule has 0 aromatic heterocycles. The Hall–Kier alpha value is -0.570. The number of carbonyl (C=O) groups excluding carboxylic acids is 1. The number of hydrogen-bond donors (Lipinski definition) is 1. The summed E-state index contributed by atoms with van der Waals surface area (Å²) in [4.78, 5) is 11.4. The van der Waals surface area contributed by atoms with Crippen molar-refractivity contribution in [2.75, 3.05) is 0 Å². The van der Waals surface area contributed by atoms with Gasteiger partial charge in [-0.25, -0.2) is 0 Å². The van der Waals surface area contributed by atoms with Crippen LogP contribution in [0.1, 0.15) is 40.5 Å². The molecule has 0 saturated heterocycles. The first-order valence-electron chi connectivity index (χ1n) is 4.98. The number of nitrogens with two attached hydrogens (primary N) is 1. The Bertz CT molecular complexity index is 153. The lowest BCUT2D eigenvalue weighted by Crippen LogP contribution is -2.34. The third-order valence-electron chi connectivity index (χ3n) is 2.23. The summed E-state index contributed by atoms with van der Waals surface area (Å²) in [6.45, 7) is 7.84. The molecule has 0 saturated carbocycles. The van der Waals surface area contributed by atoms with Crippen molar-refractivity contribution < 1.29 is 9.53 Å². The molecule has 0 aliphatic rings. The van der Waals surface area contributed by atoms with Crippen molar-refractivity contribution >= 4 is 5.97 Å². The predicted molar refractivity (Wildman–Crippen MR) is 53.0 cm³/mol. The molecule has 0 aliphatic heterocycles. The number of ether oxygens (including phenoxy) is 1. The first-order chi connectivity index (χ1) is 6.02. The maximum absolute atomic E-state index is 11.4. The molecule has 0 heterocycles. The smallest absolute Gasteiger partial charge is 0.310 e. The normalized spacial score (nSPS) is 13.5. The number of rotatable bonds is 5. The minimum Gasteiger partial charge on any atom is -0.446 e. The number of carbonyl (C=O) groups is 1. The van der Waals surface area contributed by atoms with Gasteiger partial charge in [0.1, 0.15) is 0 Å². The number of hydrogen-bond acceptors (Lipinski definition) is 3. The zero-order valence-electron chi connectivity index (χ0n) is 9.04. The van der Waals surface area contributed by atoms with Crippen molar-refractivity contribution in [3.05, 3.63) is 0 Å². The maximum Gasteiger partial charge on any atom is 0.310 e. The van der Waals surface area contributed by atoms with E-state index in [1.165, 1.54) is 0 Å². The summed E-state index contributed by atoms with van der Waals surface area (Å²) < 4.78 is 5.09. The van der Waals surface area contributed by atoms with E-state index in [0.717, 1.165) is 12.8 Å². The second kappa shape index (κ2) is 5.97. The van der Waals surface area contributed by atoms with Crippen LogP contribution in [-0.4, -0.2) is 12.2 Å². The standard InChI is InChI=1S/C10H21NO2/c1-5-8(6-2)10(12)13-9(11)7(3)4/h7-9H,5-6,11H2,1-4H3. The van der Waals surface area contributed by atoms with Crippen LogP contribution in [0.2, 0.25) is 0 Å². The Morgan fingerprint density at radius 3 is 2.08 bits per heavy atom. The zero-order chi connectivity index (χ0) is 10.4. The van der Waals surface area contributed by atoms with Crippen LogP contribution in [0.5, 0.6) is 0 Å². The number of esters is 1. The molecule has 0 bridgehead atoms. The quantitative estimate of drug-likeness (QED) is 0.528. The third-order valence-corrected chi connectivity index (χ3v) is 2.23. The topological polar surface area (TPSA) is 52.3 Å². The molecule has 1 unspecified atom stereocenters. The van der Waals surface area contributed by atoms with Gasteiger partial charge < -0.3 is 4.74 Å². The van der Waals surface area contributed by atoms with Gasteiger partial charge in [0.15, 0.2) is 6.23 Å². The fourth-order valence-electron chi connectivity index (χ4n) is 0.988. The van der Waals surface area contributed by atoms with Crippen LogP contribution in [-0.2, 0) is 9.53 Å². The van der Waals surface area contributed by atoms with E-state index in [2.05, 4.69) is 0 Å². The van der Waals surface area contributed by atoms with Crippen LogP contribution in [0.15, 0.2) is 0 Å². The van der Waals surface area contributed by atoms with Gasteiger partial charge in [0, 0.05) is 5.92 Å². The molecule has 0 aliphatic carbocycles. The molecule has 0 fully saturated rings. The zero-order valence-corrected chi connectivity index (χ0v) is 9.04. The average molecular weight is 187 g/mol. The molecule has 0 aromatic carbocycles. The summed E-state index contributed by atoms with van der Waals surface area (Å²) in [5.41, 5.74) is 5.62. The van der Waals surface area contributed by atoms with Crippen molar-refractivity contribution in [2.45, 2.75) is 46.8 Å². The van der Waals surface area contributed by atoms with E-state index in [-0.39, 0.29) is 17.8 Å². The minimum absolute atomic E-state index is 0.00444. The molecule has 1 atom stereocenters. The molecule has 2 N–H and O–H groups in total. The molecule has 0 rings (SSSR count). The van der Waals surface area contributed by atoms with Crippen molar-refractivity contribution in [3.63, 3.8) is 0 Å². The van der Waals surface area contributed by atoms with Crippen LogP contribution in [0.4, 0.5) is 0 Å². The summed E-state index contributed by atoms with van der Waals surface area (Å²) in [6, 6.07) is 0. The Balaban J connectivity index is 3.98. The van der Waals surface area contributed by atoms with Crippen LogP contribution < -0.4 is 5.73 Å². The van der Waals surface area contributed by atoms with E-state index >= 15 is 0 Å². The van der Waals surface area contributed by atoms with E-state index in [9.17, 15) is 4.79 Å². The Morgan fingerprint density at radius 1 is 1.31 bits per heavy atom. The monoisotopic (exact) mass is 187 g/mol. The van der Waals surface area contributed by atoms with Gasteiger partial charge in [0.05, 0.1) is 5.92 Å². The highest BCUT2D eigenvalue weighted by Crippen LogP contribution is 2.12. The van der Waals surface area contributed by atoms with E-state index in [4.69, 9.17) is 10.5 Å². The second-order valence-electron chi connectivity index (χ2n) is 3.66. The molecular formula is C10H21NO2. The summed E-state index contributed by atoms with van der Waals surface area (Å²) in [6.07, 6.45) is 1.17. The van der Waals surface area contributed by atoms with Crippen LogP contribution in [0.3, 0.4) is 0 Å². The Kier molecular flexibility index (Phi) is 5.71. The highest BCUT2D eigenvalue weighted by Gasteiger charge is 2.19. The van der Waals surface area contributed by atoms with Crippen LogP contribution in [0, 0.1) is 11.8 Å². The average Bonchev–Trinajstić information content (AvgIpc) is 2.06. The van der Waals surface area contributed by atoms with E-state index in [0.29, 0.717) is 0 Å². The molecule has 78 valence electrons. The summed E-state index contributed by atoms with van der Waals surface area (Å²) >= 11 is 0. The van der Waals surface area contributed by atoms with Crippen molar-refractivity contribution in [1.82, 2.24) is 0 Å². The lowest BCUT2D eigenvalue weighted by atomic mass is 10.0.